The van der Waals surface area contributed by atoms with E-state index in [1.54, 1.807) is 11.6 Å². The van der Waals surface area contributed by atoms with Gasteiger partial charge >= 0.3 is 0 Å². The van der Waals surface area contributed by atoms with Gasteiger partial charge in [0, 0.05) is 50.7 Å². The van der Waals surface area contributed by atoms with E-state index in [-0.39, 0.29) is 18.7 Å². The Bertz CT molecular complexity index is 1080. The Kier molecular flexibility index (Phi) is 3.95. The van der Waals surface area contributed by atoms with E-state index in [0.717, 1.165) is 42.3 Å². The van der Waals surface area contributed by atoms with E-state index >= 15 is 0 Å². The number of aromatic nitrogens is 1. The van der Waals surface area contributed by atoms with Gasteiger partial charge < -0.3 is 14.8 Å². The van der Waals surface area contributed by atoms with E-state index < -0.39 is 23.8 Å². The lowest BCUT2D eigenvalue weighted by atomic mass is 10.0. The summed E-state index contributed by atoms with van der Waals surface area (Å²) in [7, 11) is 1.77. The molecule has 2 aromatic rings. The number of carbonyl (C=O) groups is 4. The van der Waals surface area contributed by atoms with Crippen molar-refractivity contribution in [2.45, 2.75) is 18.9 Å². The normalized spacial score (nSPS) is 22.4. The van der Waals surface area contributed by atoms with Gasteiger partial charge in [0.25, 0.3) is 11.8 Å². The van der Waals surface area contributed by atoms with Gasteiger partial charge in [0.2, 0.25) is 11.8 Å². The van der Waals surface area contributed by atoms with Gasteiger partial charge in [-0.3, -0.25) is 29.4 Å². The molecule has 0 spiro atoms. The van der Waals surface area contributed by atoms with Gasteiger partial charge in [-0.05, 0) is 24.6 Å². The van der Waals surface area contributed by atoms with Crippen molar-refractivity contribution < 1.29 is 19.2 Å². The van der Waals surface area contributed by atoms with Gasteiger partial charge in [-0.15, -0.1) is 0 Å². The third kappa shape index (κ3) is 2.57. The zero-order valence-corrected chi connectivity index (χ0v) is 16.0. The smallest absolute Gasteiger partial charge is 0.278 e. The van der Waals surface area contributed by atoms with Crippen LogP contribution in [0.1, 0.15) is 33.7 Å². The van der Waals surface area contributed by atoms with Crippen molar-refractivity contribution in [3.63, 3.8) is 0 Å². The topological polar surface area (TPSA) is 104 Å². The molecule has 2 saturated heterocycles. The average molecular weight is 395 g/mol. The number of fused-ring (bicyclic) bond motifs is 3. The fourth-order valence-electron chi connectivity index (χ4n) is 4.55. The molecule has 150 valence electrons. The minimum Gasteiger partial charge on any atom is -0.369 e. The Morgan fingerprint density at radius 2 is 1.79 bits per heavy atom. The molecule has 29 heavy (non-hydrogen) atoms. The average Bonchev–Trinajstić information content (AvgIpc) is 3.15. The van der Waals surface area contributed by atoms with Crippen LogP contribution < -0.4 is 15.5 Å². The van der Waals surface area contributed by atoms with Gasteiger partial charge in [0.15, 0.2) is 0 Å². The molecule has 4 heterocycles. The second-order valence-electron chi connectivity index (χ2n) is 7.67. The summed E-state index contributed by atoms with van der Waals surface area (Å²) in [5.41, 5.74) is 2.51. The van der Waals surface area contributed by atoms with Gasteiger partial charge in [0.1, 0.15) is 11.7 Å². The molecular weight excluding hydrogens is 374 g/mol. The maximum absolute atomic E-state index is 13.2. The fraction of sp³-hybridized carbons (Fsp3) is 0.400. The molecule has 1 unspecified atom stereocenters. The van der Waals surface area contributed by atoms with Crippen LogP contribution in [-0.4, -0.2) is 65.3 Å². The van der Waals surface area contributed by atoms with E-state index in [2.05, 4.69) is 15.5 Å². The van der Waals surface area contributed by atoms with E-state index in [9.17, 15) is 19.2 Å². The number of piperidine rings is 1. The molecular formula is C20H21N5O4. The second kappa shape index (κ2) is 6.41. The number of hydrogen-bond donors (Lipinski definition) is 2. The number of amides is 4. The second-order valence-corrected chi connectivity index (χ2v) is 7.67. The maximum atomic E-state index is 13.2. The van der Waals surface area contributed by atoms with Gasteiger partial charge in [-0.25, -0.2) is 0 Å². The van der Waals surface area contributed by atoms with E-state index in [1.165, 1.54) is 0 Å². The molecule has 0 bridgehead atoms. The molecule has 2 fully saturated rings. The first-order valence-electron chi connectivity index (χ1n) is 9.77. The predicted molar refractivity (Wildman–Crippen MR) is 105 cm³/mol. The number of imide groups is 2. The van der Waals surface area contributed by atoms with Crippen LogP contribution in [0.4, 0.5) is 5.69 Å². The summed E-state index contributed by atoms with van der Waals surface area (Å²) in [6.07, 6.45) is 0.264. The Balaban J connectivity index is 1.54. The molecule has 3 aliphatic rings. The van der Waals surface area contributed by atoms with Crippen molar-refractivity contribution in [2.24, 2.45) is 7.05 Å². The third-order valence-corrected chi connectivity index (χ3v) is 6.04. The highest BCUT2D eigenvalue weighted by atomic mass is 16.2. The number of carbonyl (C=O) groups excluding carboxylic acids is 4. The van der Waals surface area contributed by atoms with Crippen LogP contribution in [0.5, 0.6) is 0 Å². The fourth-order valence-corrected chi connectivity index (χ4v) is 4.55. The van der Waals surface area contributed by atoms with Crippen LogP contribution in [0.2, 0.25) is 0 Å². The lowest BCUT2D eigenvalue weighted by molar-refractivity contribution is -0.136. The summed E-state index contributed by atoms with van der Waals surface area (Å²) in [4.78, 5) is 53.2. The molecule has 9 heteroatoms. The van der Waals surface area contributed by atoms with Crippen molar-refractivity contribution >= 4 is 40.2 Å². The highest BCUT2D eigenvalue weighted by Crippen LogP contribution is 2.36. The lowest BCUT2D eigenvalue weighted by Gasteiger charge is -2.29. The Hall–Kier alpha value is -3.20. The lowest BCUT2D eigenvalue weighted by Crippen LogP contribution is -2.54. The number of nitrogens with zero attached hydrogens (tertiary/aromatic N) is 3. The minimum absolute atomic E-state index is 0.110. The molecule has 9 nitrogen and oxygen atoms in total. The summed E-state index contributed by atoms with van der Waals surface area (Å²) in [6, 6.07) is 4.91. The van der Waals surface area contributed by atoms with Crippen LogP contribution in [-0.2, 0) is 16.6 Å². The van der Waals surface area contributed by atoms with Crippen molar-refractivity contribution in [2.75, 3.05) is 31.1 Å². The van der Waals surface area contributed by atoms with Gasteiger partial charge in [-0.1, -0.05) is 0 Å². The summed E-state index contributed by atoms with van der Waals surface area (Å²) >= 11 is 0. The standard InChI is InChI=1S/C20H21N5O4/c1-23-14-10-11(24-8-6-21-7-9-24)2-3-12(14)16-17(23)20(29)25(19(16)28)13-4-5-15(26)22-18(13)27/h2-3,10,13,21H,4-9H2,1H3,(H,22,26,27). The number of rotatable bonds is 2. The van der Waals surface area contributed by atoms with Crippen molar-refractivity contribution in [3.8, 4) is 0 Å². The molecule has 0 aliphatic carbocycles. The summed E-state index contributed by atoms with van der Waals surface area (Å²) in [5.74, 6) is -1.93. The Labute approximate surface area is 166 Å². The number of aryl methyl sites for hydroxylation is 1. The summed E-state index contributed by atoms with van der Waals surface area (Å²) < 4.78 is 1.74. The van der Waals surface area contributed by atoms with E-state index in [4.69, 9.17) is 0 Å². The first-order valence-corrected chi connectivity index (χ1v) is 9.77. The van der Waals surface area contributed by atoms with Crippen molar-refractivity contribution in [3.05, 3.63) is 29.5 Å². The molecule has 4 amide bonds. The molecule has 0 saturated carbocycles. The third-order valence-electron chi connectivity index (χ3n) is 6.04. The number of benzene rings is 1. The van der Waals surface area contributed by atoms with Gasteiger partial charge in [-0.2, -0.15) is 0 Å². The molecule has 0 radical (unpaired) electrons. The first kappa shape index (κ1) is 17.9. The highest BCUT2D eigenvalue weighted by Gasteiger charge is 2.47. The van der Waals surface area contributed by atoms with Crippen LogP contribution in [0.15, 0.2) is 18.2 Å². The first-order chi connectivity index (χ1) is 14.0. The zero-order valence-electron chi connectivity index (χ0n) is 16.0. The molecule has 3 aliphatic heterocycles. The van der Waals surface area contributed by atoms with Crippen LogP contribution >= 0.6 is 0 Å². The van der Waals surface area contributed by atoms with Crippen LogP contribution in [0.25, 0.3) is 10.9 Å². The quantitative estimate of drug-likeness (QED) is 0.694. The summed E-state index contributed by atoms with van der Waals surface area (Å²) in [6.45, 7) is 3.63. The minimum atomic E-state index is -0.949. The molecule has 1 aromatic heterocycles. The Morgan fingerprint density at radius 1 is 1.03 bits per heavy atom. The SMILES string of the molecule is Cn1c2c(c3ccc(N4CCNCC4)cc31)C(=O)N(C1CCC(=O)NC1=O)C2=O. The predicted octanol–water partition coefficient (Wildman–Crippen LogP) is -0.0109. The Morgan fingerprint density at radius 3 is 2.52 bits per heavy atom. The van der Waals surface area contributed by atoms with Crippen molar-refractivity contribution in [1.29, 1.82) is 0 Å². The highest BCUT2D eigenvalue weighted by molar-refractivity contribution is 6.28. The molecule has 1 aromatic carbocycles. The number of nitrogens with one attached hydrogen (secondary N) is 2. The number of anilines is 1. The monoisotopic (exact) mass is 395 g/mol. The van der Waals surface area contributed by atoms with E-state index in [1.807, 2.05) is 18.2 Å². The largest absolute Gasteiger partial charge is 0.369 e. The van der Waals surface area contributed by atoms with Gasteiger partial charge in [0.05, 0.1) is 11.1 Å². The number of hydrogen-bond acceptors (Lipinski definition) is 6. The maximum Gasteiger partial charge on any atom is 0.278 e. The zero-order chi connectivity index (χ0) is 20.3. The molecule has 2 N–H and O–H groups in total. The van der Waals surface area contributed by atoms with E-state index in [0.29, 0.717) is 16.6 Å². The summed E-state index contributed by atoms with van der Waals surface area (Å²) in [5, 5.41) is 6.25. The number of piperazine rings is 1. The van der Waals surface area contributed by atoms with Crippen molar-refractivity contribution in [1.82, 2.24) is 20.1 Å². The van der Waals surface area contributed by atoms with Crippen LogP contribution in [0, 0.1) is 0 Å². The molecule has 5 rings (SSSR count). The van der Waals surface area contributed by atoms with Crippen LogP contribution in [0.3, 0.4) is 0 Å². The molecule has 1 atom stereocenters.